The monoisotopic (exact) mass is 252 g/mol. The number of hydrogen-bond acceptors (Lipinski definition) is 2. The van der Waals surface area contributed by atoms with Gasteiger partial charge in [-0.3, -0.25) is 0 Å². The zero-order chi connectivity index (χ0) is 12.3. The SMILES string of the molecule is CCC1(CNCc2cc(N)cc(Cl)c2)CCC1. The lowest BCUT2D eigenvalue weighted by molar-refractivity contribution is 0.124. The van der Waals surface area contributed by atoms with E-state index in [9.17, 15) is 0 Å². The molecule has 1 fully saturated rings. The maximum absolute atomic E-state index is 5.98. The summed E-state index contributed by atoms with van der Waals surface area (Å²) in [6, 6.07) is 5.74. The molecule has 94 valence electrons. The maximum atomic E-state index is 5.98. The Hall–Kier alpha value is -0.730. The summed E-state index contributed by atoms with van der Waals surface area (Å²) in [5.74, 6) is 0. The molecule has 1 aromatic carbocycles. The van der Waals surface area contributed by atoms with Crippen LogP contribution in [-0.2, 0) is 6.54 Å². The molecule has 1 aliphatic rings. The highest BCUT2D eigenvalue weighted by Gasteiger charge is 2.34. The molecule has 0 saturated heterocycles. The van der Waals surface area contributed by atoms with E-state index < -0.39 is 0 Å². The van der Waals surface area contributed by atoms with Gasteiger partial charge in [0.15, 0.2) is 0 Å². The van der Waals surface area contributed by atoms with Crippen LogP contribution in [0, 0.1) is 5.41 Å². The Morgan fingerprint density at radius 2 is 2.12 bits per heavy atom. The molecule has 0 atom stereocenters. The van der Waals surface area contributed by atoms with E-state index in [4.69, 9.17) is 17.3 Å². The van der Waals surface area contributed by atoms with E-state index in [1.54, 1.807) is 6.07 Å². The van der Waals surface area contributed by atoms with E-state index in [2.05, 4.69) is 12.2 Å². The van der Waals surface area contributed by atoms with Crippen molar-refractivity contribution >= 4 is 17.3 Å². The van der Waals surface area contributed by atoms with Crippen LogP contribution in [0.1, 0.15) is 38.2 Å². The van der Waals surface area contributed by atoms with Crippen LogP contribution in [-0.4, -0.2) is 6.54 Å². The van der Waals surface area contributed by atoms with Crippen molar-refractivity contribution in [2.75, 3.05) is 12.3 Å². The molecule has 1 saturated carbocycles. The lowest BCUT2D eigenvalue weighted by Crippen LogP contribution is -2.39. The van der Waals surface area contributed by atoms with Crippen LogP contribution in [0.15, 0.2) is 18.2 Å². The van der Waals surface area contributed by atoms with Crippen molar-refractivity contribution in [1.29, 1.82) is 0 Å². The third kappa shape index (κ3) is 3.14. The first-order valence-electron chi connectivity index (χ1n) is 6.39. The lowest BCUT2D eigenvalue weighted by atomic mass is 9.67. The topological polar surface area (TPSA) is 38.0 Å². The summed E-state index contributed by atoms with van der Waals surface area (Å²) in [6.07, 6.45) is 5.40. The number of hydrogen-bond donors (Lipinski definition) is 2. The van der Waals surface area contributed by atoms with Crippen molar-refractivity contribution in [3.8, 4) is 0 Å². The molecule has 0 heterocycles. The van der Waals surface area contributed by atoms with E-state index >= 15 is 0 Å². The van der Waals surface area contributed by atoms with Crippen LogP contribution in [0.3, 0.4) is 0 Å². The Bertz CT molecular complexity index is 360. The van der Waals surface area contributed by atoms with Gasteiger partial charge >= 0.3 is 0 Å². The minimum absolute atomic E-state index is 0.560. The predicted molar refractivity (Wildman–Crippen MR) is 74.1 cm³/mol. The molecule has 3 N–H and O–H groups in total. The second kappa shape index (κ2) is 5.28. The van der Waals surface area contributed by atoms with Gasteiger partial charge in [-0.25, -0.2) is 0 Å². The summed E-state index contributed by atoms with van der Waals surface area (Å²) >= 11 is 5.98. The first kappa shape index (κ1) is 12.7. The van der Waals surface area contributed by atoms with Gasteiger partial charge in [-0.1, -0.05) is 24.9 Å². The zero-order valence-corrected chi connectivity index (χ0v) is 11.2. The van der Waals surface area contributed by atoms with Crippen LogP contribution < -0.4 is 11.1 Å². The van der Waals surface area contributed by atoms with Gasteiger partial charge in [0.2, 0.25) is 0 Å². The van der Waals surface area contributed by atoms with Gasteiger partial charge in [0.25, 0.3) is 0 Å². The fraction of sp³-hybridized carbons (Fsp3) is 0.571. The summed E-state index contributed by atoms with van der Waals surface area (Å²) < 4.78 is 0. The van der Waals surface area contributed by atoms with Gasteiger partial charge in [0, 0.05) is 23.8 Å². The van der Waals surface area contributed by atoms with Crippen molar-refractivity contribution in [1.82, 2.24) is 5.32 Å². The van der Waals surface area contributed by atoms with E-state index in [-0.39, 0.29) is 0 Å². The third-order valence-corrected chi connectivity index (χ3v) is 4.19. The zero-order valence-electron chi connectivity index (χ0n) is 10.4. The number of nitrogens with two attached hydrogens (primary N) is 1. The summed E-state index contributed by atoms with van der Waals surface area (Å²) in [5.41, 5.74) is 8.23. The third-order valence-electron chi connectivity index (χ3n) is 3.97. The number of halogens is 1. The molecule has 1 aliphatic carbocycles. The van der Waals surface area contributed by atoms with E-state index in [0.717, 1.165) is 23.8 Å². The highest BCUT2D eigenvalue weighted by molar-refractivity contribution is 6.30. The summed E-state index contributed by atoms with van der Waals surface area (Å²) in [7, 11) is 0. The number of anilines is 1. The Morgan fingerprint density at radius 3 is 2.65 bits per heavy atom. The highest BCUT2D eigenvalue weighted by Crippen LogP contribution is 2.43. The van der Waals surface area contributed by atoms with Gasteiger partial charge in [-0.05, 0) is 48.4 Å². The van der Waals surface area contributed by atoms with E-state index in [0.29, 0.717) is 5.41 Å². The first-order chi connectivity index (χ1) is 8.13. The molecular formula is C14H21ClN2. The second-order valence-electron chi connectivity index (χ2n) is 5.20. The fourth-order valence-corrected chi connectivity index (χ4v) is 2.85. The smallest absolute Gasteiger partial charge is 0.0429 e. The molecular weight excluding hydrogens is 232 g/mol. The Balaban J connectivity index is 1.85. The number of nitrogens with one attached hydrogen (secondary N) is 1. The van der Waals surface area contributed by atoms with Crippen LogP contribution in [0.25, 0.3) is 0 Å². The van der Waals surface area contributed by atoms with Gasteiger partial charge in [0.1, 0.15) is 0 Å². The largest absolute Gasteiger partial charge is 0.399 e. The normalized spacial score (nSPS) is 17.8. The van der Waals surface area contributed by atoms with Crippen LogP contribution >= 0.6 is 11.6 Å². The number of nitrogen functional groups attached to an aromatic ring is 1. The Morgan fingerprint density at radius 1 is 1.35 bits per heavy atom. The molecule has 2 nitrogen and oxygen atoms in total. The minimum atomic E-state index is 0.560. The molecule has 3 heteroatoms. The molecule has 1 aromatic rings. The molecule has 0 bridgehead atoms. The predicted octanol–water partition coefficient (Wildman–Crippen LogP) is 3.59. The van der Waals surface area contributed by atoms with E-state index in [1.807, 2.05) is 12.1 Å². The van der Waals surface area contributed by atoms with Crippen molar-refractivity contribution < 1.29 is 0 Å². The fourth-order valence-electron chi connectivity index (χ4n) is 2.58. The van der Waals surface area contributed by atoms with Crippen molar-refractivity contribution in [2.24, 2.45) is 5.41 Å². The van der Waals surface area contributed by atoms with Gasteiger partial charge in [-0.15, -0.1) is 0 Å². The van der Waals surface area contributed by atoms with Gasteiger partial charge in [-0.2, -0.15) is 0 Å². The minimum Gasteiger partial charge on any atom is -0.399 e. The lowest BCUT2D eigenvalue weighted by Gasteiger charge is -2.41. The van der Waals surface area contributed by atoms with Gasteiger partial charge < -0.3 is 11.1 Å². The van der Waals surface area contributed by atoms with Gasteiger partial charge in [0.05, 0.1) is 0 Å². The Labute approximate surface area is 109 Å². The summed E-state index contributed by atoms with van der Waals surface area (Å²) in [5, 5.41) is 4.25. The van der Waals surface area contributed by atoms with Crippen molar-refractivity contribution in [2.45, 2.75) is 39.2 Å². The van der Waals surface area contributed by atoms with E-state index in [1.165, 1.54) is 31.2 Å². The second-order valence-corrected chi connectivity index (χ2v) is 5.64. The molecule has 0 amide bonds. The average molecular weight is 253 g/mol. The molecule has 17 heavy (non-hydrogen) atoms. The van der Waals surface area contributed by atoms with Crippen LogP contribution in [0.5, 0.6) is 0 Å². The number of benzene rings is 1. The first-order valence-corrected chi connectivity index (χ1v) is 6.77. The van der Waals surface area contributed by atoms with Crippen LogP contribution in [0.4, 0.5) is 5.69 Å². The molecule has 0 unspecified atom stereocenters. The highest BCUT2D eigenvalue weighted by atomic mass is 35.5. The van der Waals surface area contributed by atoms with Crippen molar-refractivity contribution in [3.05, 3.63) is 28.8 Å². The summed E-state index contributed by atoms with van der Waals surface area (Å²) in [4.78, 5) is 0. The van der Waals surface area contributed by atoms with Crippen LogP contribution in [0.2, 0.25) is 5.02 Å². The maximum Gasteiger partial charge on any atom is 0.0429 e. The van der Waals surface area contributed by atoms with Crippen molar-refractivity contribution in [3.63, 3.8) is 0 Å². The standard InChI is InChI=1S/C14H21ClN2/c1-2-14(4-3-5-14)10-17-9-11-6-12(15)8-13(16)7-11/h6-8,17H,2-5,9-10,16H2,1H3. The average Bonchev–Trinajstić information content (AvgIpc) is 2.20. The molecule has 0 spiro atoms. The molecule has 0 aromatic heterocycles. The quantitative estimate of drug-likeness (QED) is 0.786. The molecule has 0 radical (unpaired) electrons. The molecule has 2 rings (SSSR count). The molecule has 0 aliphatic heterocycles. The Kier molecular flexibility index (Phi) is 3.95. The number of rotatable bonds is 5. The summed E-state index contributed by atoms with van der Waals surface area (Å²) in [6.45, 7) is 4.25.